The molecule has 4 aromatic carbocycles. The van der Waals surface area contributed by atoms with Crippen LogP contribution in [0.25, 0.3) is 16.8 Å². The summed E-state index contributed by atoms with van der Waals surface area (Å²) in [4.78, 5) is 39.3. The minimum Gasteiger partial charge on any atom is -0.493 e. The number of anilines is 1. The van der Waals surface area contributed by atoms with E-state index >= 15 is 0 Å². The second-order valence-electron chi connectivity index (χ2n) is 8.75. The minimum absolute atomic E-state index is 0.160. The lowest BCUT2D eigenvalue weighted by Gasteiger charge is -2.26. The van der Waals surface area contributed by atoms with Crippen LogP contribution < -0.4 is 19.7 Å². The van der Waals surface area contributed by atoms with Crippen LogP contribution in [0.3, 0.4) is 0 Å². The van der Waals surface area contributed by atoms with E-state index in [9.17, 15) is 14.4 Å². The lowest BCUT2D eigenvalue weighted by Crippen LogP contribution is -2.54. The number of fused-ring (bicyclic) bond motifs is 1. The lowest BCUT2D eigenvalue weighted by molar-refractivity contribution is -0.122. The zero-order valence-electron chi connectivity index (χ0n) is 20.7. The number of nitrogens with one attached hydrogen (secondary N) is 1. The smallest absolute Gasteiger partial charge is 0.335 e. The van der Waals surface area contributed by atoms with Crippen molar-refractivity contribution in [3.05, 3.63) is 105 Å². The fourth-order valence-corrected chi connectivity index (χ4v) is 5.07. The fourth-order valence-electron chi connectivity index (χ4n) is 4.28. The number of benzene rings is 4. The van der Waals surface area contributed by atoms with Gasteiger partial charge in [-0.15, -0.1) is 0 Å². The van der Waals surface area contributed by atoms with Crippen molar-refractivity contribution < 1.29 is 23.9 Å². The Balaban J connectivity index is 1.44. The highest BCUT2D eigenvalue weighted by Gasteiger charge is 2.36. The number of ether oxygens (including phenoxy) is 2. The maximum absolute atomic E-state index is 13.2. The number of methoxy groups -OCH3 is 1. The first-order valence-electron chi connectivity index (χ1n) is 11.8. The van der Waals surface area contributed by atoms with Crippen molar-refractivity contribution >= 4 is 63.0 Å². The zero-order valence-corrected chi connectivity index (χ0v) is 22.8. The van der Waals surface area contributed by atoms with Crippen LogP contribution in [0, 0.1) is 10.5 Å². The maximum atomic E-state index is 13.2. The number of nitrogens with zero attached hydrogens (tertiary/aromatic N) is 1. The molecule has 1 aliphatic heterocycles. The lowest BCUT2D eigenvalue weighted by atomic mass is 10.1. The van der Waals surface area contributed by atoms with Crippen LogP contribution in [-0.4, -0.2) is 25.0 Å². The van der Waals surface area contributed by atoms with Gasteiger partial charge in [0, 0.05) is 0 Å². The van der Waals surface area contributed by atoms with Crippen molar-refractivity contribution in [1.82, 2.24) is 5.32 Å². The molecular formula is C30H23IN2O5. The summed E-state index contributed by atoms with van der Waals surface area (Å²) >= 11 is 2.14. The van der Waals surface area contributed by atoms with Gasteiger partial charge in [0.25, 0.3) is 11.8 Å². The number of aryl methyl sites for hydroxylation is 1. The molecule has 7 nitrogen and oxygen atoms in total. The van der Waals surface area contributed by atoms with Gasteiger partial charge in [0.2, 0.25) is 0 Å². The molecule has 8 heteroatoms. The number of barbiturate groups is 1. The molecule has 0 atom stereocenters. The predicted molar refractivity (Wildman–Crippen MR) is 154 cm³/mol. The Labute approximate surface area is 233 Å². The SMILES string of the molecule is COc1cc(C=C2C(=O)NC(=O)N(c3ccc(C)cc3)C2=O)cc(I)c1OCc1cccc2ccccc12. The van der Waals surface area contributed by atoms with Gasteiger partial charge in [-0.25, -0.2) is 9.69 Å². The van der Waals surface area contributed by atoms with Gasteiger partial charge in [-0.2, -0.15) is 0 Å². The molecule has 1 N–H and O–H groups in total. The van der Waals surface area contributed by atoms with E-state index in [-0.39, 0.29) is 5.57 Å². The Kier molecular flexibility index (Phi) is 7.15. The van der Waals surface area contributed by atoms with Crippen LogP contribution in [0.1, 0.15) is 16.7 Å². The molecule has 4 amide bonds. The second-order valence-corrected chi connectivity index (χ2v) is 9.92. The van der Waals surface area contributed by atoms with Gasteiger partial charge in [-0.3, -0.25) is 14.9 Å². The third kappa shape index (κ3) is 4.99. The predicted octanol–water partition coefficient (Wildman–Crippen LogP) is 6.01. The molecule has 0 bridgehead atoms. The Morgan fingerprint density at radius 1 is 0.947 bits per heavy atom. The first-order chi connectivity index (χ1) is 18.4. The number of hydrogen-bond donors (Lipinski definition) is 1. The van der Waals surface area contributed by atoms with Crippen LogP contribution in [0.5, 0.6) is 11.5 Å². The van der Waals surface area contributed by atoms with Crippen molar-refractivity contribution in [3.63, 3.8) is 0 Å². The summed E-state index contributed by atoms with van der Waals surface area (Å²) < 4.78 is 12.5. The molecule has 0 aromatic heterocycles. The van der Waals surface area contributed by atoms with Gasteiger partial charge in [-0.05, 0) is 81.8 Å². The summed E-state index contributed by atoms with van der Waals surface area (Å²) in [5.41, 5.74) is 2.79. The topological polar surface area (TPSA) is 84.9 Å². The number of halogens is 1. The number of amides is 4. The summed E-state index contributed by atoms with van der Waals surface area (Å²) in [7, 11) is 1.53. The number of carbonyl (C=O) groups excluding carboxylic acids is 3. The molecule has 0 unspecified atom stereocenters. The van der Waals surface area contributed by atoms with E-state index in [0.717, 1.165) is 30.4 Å². The van der Waals surface area contributed by atoms with Crippen LogP contribution in [0.4, 0.5) is 10.5 Å². The summed E-state index contributed by atoms with van der Waals surface area (Å²) in [6.45, 7) is 2.24. The van der Waals surface area contributed by atoms with Gasteiger partial charge in [0.05, 0.1) is 16.4 Å². The molecule has 1 heterocycles. The zero-order chi connectivity index (χ0) is 26.8. The minimum atomic E-state index is -0.787. The molecule has 1 aliphatic rings. The molecule has 0 aliphatic carbocycles. The third-order valence-electron chi connectivity index (χ3n) is 6.21. The Bertz CT molecular complexity index is 1610. The van der Waals surface area contributed by atoms with Gasteiger partial charge in [0.1, 0.15) is 12.2 Å². The van der Waals surface area contributed by atoms with E-state index in [2.05, 4.69) is 46.1 Å². The van der Waals surface area contributed by atoms with Crippen molar-refractivity contribution in [2.45, 2.75) is 13.5 Å². The second kappa shape index (κ2) is 10.7. The van der Waals surface area contributed by atoms with Gasteiger partial charge >= 0.3 is 6.03 Å². The van der Waals surface area contributed by atoms with Crippen LogP contribution in [-0.2, 0) is 16.2 Å². The molecule has 1 fully saturated rings. The number of hydrogen-bond acceptors (Lipinski definition) is 5. The molecule has 190 valence electrons. The average Bonchev–Trinajstić information content (AvgIpc) is 2.91. The summed E-state index contributed by atoms with van der Waals surface area (Å²) in [5.74, 6) is -0.445. The Hall–Kier alpha value is -4.18. The van der Waals surface area contributed by atoms with Gasteiger partial charge in [0.15, 0.2) is 11.5 Å². The highest BCUT2D eigenvalue weighted by atomic mass is 127. The Morgan fingerprint density at radius 2 is 1.68 bits per heavy atom. The van der Waals surface area contributed by atoms with Crippen LogP contribution >= 0.6 is 22.6 Å². The van der Waals surface area contributed by atoms with E-state index in [1.165, 1.54) is 13.2 Å². The summed E-state index contributed by atoms with van der Waals surface area (Å²) in [6, 6.07) is 23.8. The van der Waals surface area contributed by atoms with Crippen molar-refractivity contribution in [2.75, 3.05) is 12.0 Å². The molecule has 38 heavy (non-hydrogen) atoms. The number of rotatable bonds is 6. The quantitative estimate of drug-likeness (QED) is 0.163. The van der Waals surface area contributed by atoms with E-state index in [4.69, 9.17) is 9.47 Å². The molecule has 0 saturated carbocycles. The van der Waals surface area contributed by atoms with E-state index in [0.29, 0.717) is 29.4 Å². The highest BCUT2D eigenvalue weighted by molar-refractivity contribution is 14.1. The van der Waals surface area contributed by atoms with Crippen LogP contribution in [0.15, 0.2) is 84.4 Å². The summed E-state index contributed by atoms with van der Waals surface area (Å²) in [5, 5.41) is 4.49. The van der Waals surface area contributed by atoms with E-state index in [1.807, 2.05) is 31.2 Å². The van der Waals surface area contributed by atoms with Gasteiger partial charge < -0.3 is 9.47 Å². The standard InChI is InChI=1S/C30H23IN2O5/c1-18-10-12-22(13-11-18)33-29(35)24(28(34)32-30(33)36)14-19-15-25(31)27(26(16-19)37-2)38-17-21-8-5-7-20-6-3-4-9-23(20)21/h3-16H,17H2,1-2H3,(H,32,34,36). The van der Waals surface area contributed by atoms with Gasteiger partial charge in [-0.1, -0.05) is 60.2 Å². The first kappa shape index (κ1) is 25.5. The van der Waals surface area contributed by atoms with Crippen molar-refractivity contribution in [2.24, 2.45) is 0 Å². The summed E-state index contributed by atoms with van der Waals surface area (Å²) in [6.07, 6.45) is 1.45. The van der Waals surface area contributed by atoms with E-state index in [1.54, 1.807) is 36.4 Å². The molecule has 5 rings (SSSR count). The van der Waals surface area contributed by atoms with Crippen molar-refractivity contribution in [3.8, 4) is 11.5 Å². The normalized spacial score (nSPS) is 14.7. The number of urea groups is 1. The highest BCUT2D eigenvalue weighted by Crippen LogP contribution is 2.36. The van der Waals surface area contributed by atoms with E-state index < -0.39 is 17.8 Å². The maximum Gasteiger partial charge on any atom is 0.335 e. The molecular weight excluding hydrogens is 595 g/mol. The number of carbonyl (C=O) groups is 3. The third-order valence-corrected chi connectivity index (χ3v) is 7.01. The van der Waals surface area contributed by atoms with Crippen molar-refractivity contribution in [1.29, 1.82) is 0 Å². The molecule has 1 saturated heterocycles. The van der Waals surface area contributed by atoms with Crippen LogP contribution in [0.2, 0.25) is 0 Å². The average molecular weight is 618 g/mol. The number of imide groups is 2. The first-order valence-corrected chi connectivity index (χ1v) is 12.9. The Morgan fingerprint density at radius 3 is 2.45 bits per heavy atom. The molecule has 0 spiro atoms. The molecule has 0 radical (unpaired) electrons. The fraction of sp³-hybridized carbons (Fsp3) is 0.100. The molecule has 4 aromatic rings. The monoisotopic (exact) mass is 618 g/mol. The largest absolute Gasteiger partial charge is 0.493 e.